The molecular weight excluding hydrogens is 274 g/mol. The number of primary sulfonamides is 1. The van der Waals surface area contributed by atoms with Crippen LogP contribution >= 0.6 is 0 Å². The summed E-state index contributed by atoms with van der Waals surface area (Å²) in [7, 11) is -3.53. The van der Waals surface area contributed by atoms with Gasteiger partial charge in [-0.15, -0.1) is 0 Å². The average molecular weight is 293 g/mol. The van der Waals surface area contributed by atoms with Crippen molar-refractivity contribution in [1.29, 1.82) is 0 Å². The molecule has 1 fully saturated rings. The minimum Gasteiger partial charge on any atom is -0.480 e. The molecule has 0 aliphatic carbocycles. The van der Waals surface area contributed by atoms with Gasteiger partial charge in [-0.2, -0.15) is 0 Å². The van der Waals surface area contributed by atoms with Crippen LogP contribution in [0.3, 0.4) is 0 Å². The summed E-state index contributed by atoms with van der Waals surface area (Å²) in [6, 6.07) is -1.27. The maximum Gasteiger partial charge on any atom is 0.326 e. The highest BCUT2D eigenvalue weighted by Crippen LogP contribution is 2.17. The highest BCUT2D eigenvalue weighted by Gasteiger charge is 2.31. The number of nitrogens with two attached hydrogens (primary N) is 1. The van der Waals surface area contributed by atoms with Crippen LogP contribution in [0.5, 0.6) is 0 Å². The van der Waals surface area contributed by atoms with Crippen LogP contribution in [0.2, 0.25) is 0 Å². The second-order valence-electron chi connectivity index (χ2n) is 4.50. The Morgan fingerprint density at radius 1 is 1.37 bits per heavy atom. The molecule has 1 saturated heterocycles. The standard InChI is InChI=1S/C10H19N3O5S/c11-19(17,18)7-3-5-12-10(16)13-6-2-1-4-8(13)9(14)15/h8H,1-7H2,(H,12,16)(H,14,15)(H2,11,17,18). The van der Waals surface area contributed by atoms with E-state index in [-0.39, 0.29) is 18.7 Å². The van der Waals surface area contributed by atoms with Crippen LogP contribution in [-0.4, -0.2) is 55.3 Å². The van der Waals surface area contributed by atoms with Crippen LogP contribution in [0.15, 0.2) is 0 Å². The Bertz CT molecular complexity index is 436. The molecule has 1 heterocycles. The zero-order valence-electron chi connectivity index (χ0n) is 10.5. The third-order valence-electron chi connectivity index (χ3n) is 2.93. The Balaban J connectivity index is 2.41. The number of amides is 2. The van der Waals surface area contributed by atoms with Crippen LogP contribution in [0, 0.1) is 0 Å². The predicted octanol–water partition coefficient (Wildman–Crippen LogP) is -0.686. The fraction of sp³-hybridized carbons (Fsp3) is 0.800. The van der Waals surface area contributed by atoms with Crippen molar-refractivity contribution < 1.29 is 23.1 Å². The summed E-state index contributed by atoms with van der Waals surface area (Å²) in [6.07, 6.45) is 2.20. The molecule has 4 N–H and O–H groups in total. The van der Waals surface area contributed by atoms with E-state index in [9.17, 15) is 18.0 Å². The quantitative estimate of drug-likeness (QED) is 0.578. The first kappa shape index (κ1) is 15.7. The average Bonchev–Trinajstić information content (AvgIpc) is 2.33. The molecule has 9 heteroatoms. The van der Waals surface area contributed by atoms with E-state index < -0.39 is 28.1 Å². The van der Waals surface area contributed by atoms with Crippen molar-refractivity contribution in [3.05, 3.63) is 0 Å². The smallest absolute Gasteiger partial charge is 0.326 e. The number of nitrogens with zero attached hydrogens (tertiary/aromatic N) is 1. The maximum absolute atomic E-state index is 11.8. The van der Waals surface area contributed by atoms with Gasteiger partial charge in [0, 0.05) is 13.1 Å². The van der Waals surface area contributed by atoms with Gasteiger partial charge in [0.05, 0.1) is 5.75 Å². The molecule has 110 valence electrons. The molecule has 0 spiro atoms. The lowest BCUT2D eigenvalue weighted by Crippen LogP contribution is -2.52. The first-order chi connectivity index (χ1) is 8.81. The molecule has 0 aromatic rings. The lowest BCUT2D eigenvalue weighted by atomic mass is 10.0. The number of carbonyl (C=O) groups excluding carboxylic acids is 1. The number of hydrogen-bond acceptors (Lipinski definition) is 4. The van der Waals surface area contributed by atoms with Crippen LogP contribution in [0.1, 0.15) is 25.7 Å². The molecule has 1 aliphatic rings. The van der Waals surface area contributed by atoms with E-state index in [1.807, 2.05) is 0 Å². The minimum atomic E-state index is -3.53. The first-order valence-corrected chi connectivity index (χ1v) is 7.80. The van der Waals surface area contributed by atoms with Gasteiger partial charge in [0.2, 0.25) is 10.0 Å². The third-order valence-corrected chi connectivity index (χ3v) is 3.79. The zero-order chi connectivity index (χ0) is 14.5. The topological polar surface area (TPSA) is 130 Å². The van der Waals surface area contributed by atoms with Gasteiger partial charge >= 0.3 is 12.0 Å². The lowest BCUT2D eigenvalue weighted by molar-refractivity contribution is -0.143. The summed E-state index contributed by atoms with van der Waals surface area (Å²) < 4.78 is 21.4. The first-order valence-electron chi connectivity index (χ1n) is 6.09. The summed E-state index contributed by atoms with van der Waals surface area (Å²) in [5.41, 5.74) is 0. The molecule has 8 nitrogen and oxygen atoms in total. The summed E-state index contributed by atoms with van der Waals surface area (Å²) in [5.74, 6) is -1.23. The summed E-state index contributed by atoms with van der Waals surface area (Å²) in [5, 5.41) is 16.4. The molecule has 19 heavy (non-hydrogen) atoms. The molecule has 0 radical (unpaired) electrons. The number of piperidine rings is 1. The molecule has 1 aliphatic heterocycles. The third kappa shape index (κ3) is 5.43. The van der Waals surface area contributed by atoms with Crippen molar-refractivity contribution in [2.24, 2.45) is 5.14 Å². The number of likely N-dealkylation sites (tertiary alicyclic amines) is 1. The van der Waals surface area contributed by atoms with Gasteiger partial charge in [-0.05, 0) is 25.7 Å². The van der Waals surface area contributed by atoms with Gasteiger partial charge in [-0.25, -0.2) is 23.1 Å². The number of carbonyl (C=O) groups is 2. The highest BCUT2D eigenvalue weighted by molar-refractivity contribution is 7.89. The fourth-order valence-corrected chi connectivity index (χ4v) is 2.55. The number of carboxylic acids is 1. The van der Waals surface area contributed by atoms with Crippen LogP contribution in [0.4, 0.5) is 4.79 Å². The Kier molecular flexibility index (Phi) is 5.55. The Hall–Kier alpha value is -1.35. The van der Waals surface area contributed by atoms with E-state index in [4.69, 9.17) is 10.2 Å². The largest absolute Gasteiger partial charge is 0.480 e. The van der Waals surface area contributed by atoms with Crippen molar-refractivity contribution in [3.8, 4) is 0 Å². The molecule has 0 aromatic carbocycles. The minimum absolute atomic E-state index is 0.151. The van der Waals surface area contributed by atoms with E-state index in [0.29, 0.717) is 13.0 Å². The van der Waals surface area contributed by atoms with Crippen LogP contribution in [0.25, 0.3) is 0 Å². The molecule has 0 bridgehead atoms. The second-order valence-corrected chi connectivity index (χ2v) is 6.23. The van der Waals surface area contributed by atoms with Gasteiger partial charge in [0.1, 0.15) is 6.04 Å². The number of nitrogens with one attached hydrogen (secondary N) is 1. The van der Waals surface area contributed by atoms with Crippen LogP contribution < -0.4 is 10.5 Å². The molecule has 1 atom stereocenters. The van der Waals surface area contributed by atoms with Crippen molar-refractivity contribution >= 4 is 22.0 Å². The van der Waals surface area contributed by atoms with Gasteiger partial charge in [-0.1, -0.05) is 0 Å². The monoisotopic (exact) mass is 293 g/mol. The molecule has 0 aromatic heterocycles. The SMILES string of the molecule is NS(=O)(=O)CCCNC(=O)N1CCCCC1C(=O)O. The van der Waals surface area contributed by atoms with Gasteiger partial charge in [-0.3, -0.25) is 0 Å². The molecular formula is C10H19N3O5S. The normalized spacial score (nSPS) is 20.1. The van der Waals surface area contributed by atoms with E-state index in [1.165, 1.54) is 4.90 Å². The van der Waals surface area contributed by atoms with Crippen molar-refractivity contribution in [2.45, 2.75) is 31.7 Å². The zero-order valence-corrected chi connectivity index (χ0v) is 11.4. The van der Waals surface area contributed by atoms with Crippen LogP contribution in [-0.2, 0) is 14.8 Å². The number of urea groups is 1. The number of rotatable bonds is 5. The summed E-state index contributed by atoms with van der Waals surface area (Å²) in [4.78, 5) is 24.1. The van der Waals surface area contributed by atoms with Crippen molar-refractivity contribution in [2.75, 3.05) is 18.8 Å². The van der Waals surface area contributed by atoms with E-state index in [2.05, 4.69) is 5.32 Å². The van der Waals surface area contributed by atoms with E-state index in [1.54, 1.807) is 0 Å². The van der Waals surface area contributed by atoms with Gasteiger partial charge in [0.25, 0.3) is 0 Å². The summed E-state index contributed by atoms with van der Waals surface area (Å²) in [6.45, 7) is 0.552. The number of aliphatic carboxylic acids is 1. The second kappa shape index (κ2) is 6.71. The maximum atomic E-state index is 11.8. The predicted molar refractivity (Wildman–Crippen MR) is 68.0 cm³/mol. The highest BCUT2D eigenvalue weighted by atomic mass is 32.2. The molecule has 0 saturated carbocycles. The summed E-state index contributed by atoms with van der Waals surface area (Å²) >= 11 is 0. The Morgan fingerprint density at radius 2 is 2.05 bits per heavy atom. The number of carboxylic acid groups (broad SMARTS) is 1. The van der Waals surface area contributed by atoms with Crippen molar-refractivity contribution in [3.63, 3.8) is 0 Å². The molecule has 1 unspecified atom stereocenters. The molecule has 2 amide bonds. The Labute approximate surface area is 112 Å². The lowest BCUT2D eigenvalue weighted by Gasteiger charge is -2.32. The van der Waals surface area contributed by atoms with Gasteiger partial charge < -0.3 is 15.3 Å². The van der Waals surface area contributed by atoms with Crippen molar-refractivity contribution in [1.82, 2.24) is 10.2 Å². The van der Waals surface area contributed by atoms with E-state index >= 15 is 0 Å². The number of sulfonamides is 1. The molecule has 1 rings (SSSR count). The fourth-order valence-electron chi connectivity index (χ4n) is 2.00. The van der Waals surface area contributed by atoms with E-state index in [0.717, 1.165) is 12.8 Å². The number of hydrogen-bond donors (Lipinski definition) is 3. The van der Waals surface area contributed by atoms with Gasteiger partial charge in [0.15, 0.2) is 0 Å². The Morgan fingerprint density at radius 3 is 2.63 bits per heavy atom.